The van der Waals surface area contributed by atoms with Gasteiger partial charge in [0, 0.05) is 21.6 Å². The van der Waals surface area contributed by atoms with E-state index in [1.165, 1.54) is 10.9 Å². The Labute approximate surface area is 127 Å². The lowest BCUT2D eigenvalue weighted by atomic mass is 9.98. The number of hydrogen-bond donors (Lipinski definition) is 1. The van der Waals surface area contributed by atoms with Crippen LogP contribution in [0.1, 0.15) is 28.3 Å². The molecule has 108 valence electrons. The Hall–Kier alpha value is -1.71. The number of rotatable bonds is 4. The van der Waals surface area contributed by atoms with Crippen molar-refractivity contribution in [2.75, 3.05) is 0 Å². The third kappa shape index (κ3) is 2.85. The van der Waals surface area contributed by atoms with E-state index >= 15 is 0 Å². The highest BCUT2D eigenvalue weighted by Gasteiger charge is 2.14. The molecule has 3 aromatic rings. The van der Waals surface area contributed by atoms with Crippen LogP contribution in [-0.2, 0) is 12.8 Å². The van der Waals surface area contributed by atoms with Gasteiger partial charge in [0.05, 0.1) is 6.10 Å². The number of aliphatic hydroxyl groups is 1. The second-order valence-electron chi connectivity index (χ2n) is 5.12. The molecule has 3 rings (SSSR count). The van der Waals surface area contributed by atoms with Crippen LogP contribution in [0.2, 0.25) is 0 Å². The maximum atomic E-state index is 13.8. The van der Waals surface area contributed by atoms with Crippen LogP contribution in [0, 0.1) is 5.82 Å². The number of halogens is 1. The minimum Gasteiger partial charge on any atom is -0.388 e. The third-order valence-electron chi connectivity index (χ3n) is 3.72. The zero-order valence-corrected chi connectivity index (χ0v) is 12.7. The van der Waals surface area contributed by atoms with Gasteiger partial charge in [0.2, 0.25) is 0 Å². The molecular weight excluding hydrogens is 283 g/mol. The van der Waals surface area contributed by atoms with Gasteiger partial charge in [-0.05, 0) is 35.6 Å². The lowest BCUT2D eigenvalue weighted by Gasteiger charge is -2.13. The van der Waals surface area contributed by atoms with Crippen LogP contribution in [0.3, 0.4) is 0 Å². The zero-order chi connectivity index (χ0) is 14.8. The number of thiophene rings is 1. The molecule has 0 radical (unpaired) electrons. The zero-order valence-electron chi connectivity index (χ0n) is 11.8. The fourth-order valence-electron chi connectivity index (χ4n) is 2.60. The largest absolute Gasteiger partial charge is 0.388 e. The van der Waals surface area contributed by atoms with E-state index in [9.17, 15) is 9.50 Å². The highest BCUT2D eigenvalue weighted by atomic mass is 32.1. The molecular formula is C18H17FOS. The van der Waals surface area contributed by atoms with Crippen molar-refractivity contribution in [2.45, 2.75) is 25.9 Å². The van der Waals surface area contributed by atoms with E-state index in [0.29, 0.717) is 11.8 Å². The van der Waals surface area contributed by atoms with Gasteiger partial charge < -0.3 is 5.11 Å². The van der Waals surface area contributed by atoms with Crippen molar-refractivity contribution >= 4 is 22.1 Å². The first-order valence-electron chi connectivity index (χ1n) is 7.12. The Bertz CT molecular complexity index is 763. The summed E-state index contributed by atoms with van der Waals surface area (Å²) in [4.78, 5) is 2.48. The van der Waals surface area contributed by atoms with Crippen LogP contribution >= 0.6 is 11.3 Å². The fraction of sp³-hybridized carbons (Fsp3) is 0.222. The molecule has 0 aliphatic carbocycles. The molecule has 1 nitrogen and oxygen atoms in total. The Morgan fingerprint density at radius 1 is 1.00 bits per heavy atom. The third-order valence-corrected chi connectivity index (χ3v) is 4.98. The molecule has 3 heteroatoms. The van der Waals surface area contributed by atoms with Crippen LogP contribution in [-0.4, -0.2) is 5.11 Å². The van der Waals surface area contributed by atoms with Gasteiger partial charge >= 0.3 is 0 Å². The van der Waals surface area contributed by atoms with E-state index in [2.05, 4.69) is 19.1 Å². The summed E-state index contributed by atoms with van der Waals surface area (Å²) in [5, 5.41) is 11.9. The molecule has 0 saturated carbocycles. The average molecular weight is 300 g/mol. The van der Waals surface area contributed by atoms with Crippen LogP contribution < -0.4 is 0 Å². The van der Waals surface area contributed by atoms with E-state index in [4.69, 9.17) is 0 Å². The number of aliphatic hydroxyl groups excluding tert-OH is 1. The molecule has 0 saturated heterocycles. The van der Waals surface area contributed by atoms with E-state index < -0.39 is 6.10 Å². The summed E-state index contributed by atoms with van der Waals surface area (Å²) in [6, 6.07) is 14.6. The molecule has 1 N–H and O–H groups in total. The van der Waals surface area contributed by atoms with Gasteiger partial charge in [0.1, 0.15) is 5.82 Å². The van der Waals surface area contributed by atoms with Crippen LogP contribution in [0.15, 0.2) is 48.5 Å². The number of aryl methyl sites for hydroxylation is 1. The van der Waals surface area contributed by atoms with Gasteiger partial charge in [0.25, 0.3) is 0 Å². The normalized spacial score (nSPS) is 12.7. The predicted octanol–water partition coefficient (Wildman–Crippen LogP) is 4.88. The molecule has 0 bridgehead atoms. The van der Waals surface area contributed by atoms with Crippen molar-refractivity contribution in [2.24, 2.45) is 0 Å². The summed E-state index contributed by atoms with van der Waals surface area (Å²) >= 11 is 1.73. The van der Waals surface area contributed by atoms with Crippen molar-refractivity contribution in [1.29, 1.82) is 0 Å². The van der Waals surface area contributed by atoms with E-state index in [1.807, 2.05) is 18.2 Å². The fourth-order valence-corrected chi connectivity index (χ4v) is 3.59. The first kappa shape index (κ1) is 14.2. The SMILES string of the molecule is CCc1ccc(CC(O)c2ccc(F)c3ccccc23)s1. The van der Waals surface area contributed by atoms with Crippen molar-refractivity contribution < 1.29 is 9.50 Å². The second kappa shape index (κ2) is 5.96. The molecule has 1 heterocycles. The molecule has 1 aromatic heterocycles. The van der Waals surface area contributed by atoms with Gasteiger partial charge in [-0.15, -0.1) is 11.3 Å². The lowest BCUT2D eigenvalue weighted by molar-refractivity contribution is 0.181. The Morgan fingerprint density at radius 2 is 1.71 bits per heavy atom. The molecule has 21 heavy (non-hydrogen) atoms. The van der Waals surface area contributed by atoms with Crippen LogP contribution in [0.5, 0.6) is 0 Å². The van der Waals surface area contributed by atoms with Gasteiger partial charge in [-0.1, -0.05) is 37.3 Å². The minimum atomic E-state index is -0.612. The van der Waals surface area contributed by atoms with Crippen molar-refractivity contribution in [3.63, 3.8) is 0 Å². The van der Waals surface area contributed by atoms with Gasteiger partial charge in [-0.25, -0.2) is 4.39 Å². The minimum absolute atomic E-state index is 0.244. The van der Waals surface area contributed by atoms with Crippen molar-refractivity contribution in [1.82, 2.24) is 0 Å². The highest BCUT2D eigenvalue weighted by Crippen LogP contribution is 2.30. The first-order chi connectivity index (χ1) is 10.2. The molecule has 0 fully saturated rings. The highest BCUT2D eigenvalue weighted by molar-refractivity contribution is 7.11. The maximum absolute atomic E-state index is 13.8. The summed E-state index contributed by atoms with van der Waals surface area (Å²) in [5.41, 5.74) is 0.790. The summed E-state index contributed by atoms with van der Waals surface area (Å²) in [6.07, 6.45) is 0.972. The molecule has 0 amide bonds. The molecule has 2 aromatic carbocycles. The van der Waals surface area contributed by atoms with E-state index in [0.717, 1.165) is 22.2 Å². The van der Waals surface area contributed by atoms with Crippen molar-refractivity contribution in [3.8, 4) is 0 Å². The summed E-state index contributed by atoms with van der Waals surface area (Å²) in [6.45, 7) is 2.12. The number of fused-ring (bicyclic) bond motifs is 1. The molecule has 0 aliphatic rings. The van der Waals surface area contributed by atoms with Crippen LogP contribution in [0.25, 0.3) is 10.8 Å². The smallest absolute Gasteiger partial charge is 0.131 e. The topological polar surface area (TPSA) is 20.2 Å². The van der Waals surface area contributed by atoms with Gasteiger partial charge in [0.15, 0.2) is 0 Å². The predicted molar refractivity (Wildman–Crippen MR) is 86.3 cm³/mol. The van der Waals surface area contributed by atoms with Gasteiger partial charge in [-0.2, -0.15) is 0 Å². The first-order valence-corrected chi connectivity index (χ1v) is 7.93. The van der Waals surface area contributed by atoms with Gasteiger partial charge in [-0.3, -0.25) is 0 Å². The molecule has 0 aliphatic heterocycles. The Kier molecular flexibility index (Phi) is 4.04. The van der Waals surface area contributed by atoms with Crippen LogP contribution in [0.4, 0.5) is 4.39 Å². The lowest BCUT2D eigenvalue weighted by Crippen LogP contribution is -2.02. The Balaban J connectivity index is 1.94. The number of hydrogen-bond acceptors (Lipinski definition) is 2. The quantitative estimate of drug-likeness (QED) is 0.728. The Morgan fingerprint density at radius 3 is 2.43 bits per heavy atom. The molecule has 1 atom stereocenters. The summed E-state index contributed by atoms with van der Waals surface area (Å²) in [5.74, 6) is -0.244. The molecule has 0 spiro atoms. The summed E-state index contributed by atoms with van der Waals surface area (Å²) in [7, 11) is 0. The van der Waals surface area contributed by atoms with E-state index in [-0.39, 0.29) is 5.82 Å². The second-order valence-corrected chi connectivity index (χ2v) is 6.38. The number of benzene rings is 2. The molecule has 1 unspecified atom stereocenters. The van der Waals surface area contributed by atoms with Crippen molar-refractivity contribution in [3.05, 3.63) is 69.7 Å². The monoisotopic (exact) mass is 300 g/mol. The van der Waals surface area contributed by atoms with E-state index in [1.54, 1.807) is 23.5 Å². The standard InChI is InChI=1S/C18H17FOS/c1-2-12-7-8-13(21-12)11-18(20)16-9-10-17(19)15-6-4-3-5-14(15)16/h3-10,18,20H,2,11H2,1H3. The summed E-state index contributed by atoms with van der Waals surface area (Å²) < 4.78 is 13.8. The maximum Gasteiger partial charge on any atom is 0.131 e. The average Bonchev–Trinajstić information content (AvgIpc) is 2.95.